The molecule has 1 heterocycles. The second-order valence-corrected chi connectivity index (χ2v) is 9.22. The second kappa shape index (κ2) is 11.3. The summed E-state index contributed by atoms with van der Waals surface area (Å²) < 4.78 is 88.2. The maximum atomic E-state index is 14.4. The minimum atomic E-state index is -4.90. The number of hydrogen-bond acceptors (Lipinski definition) is 6. The normalized spacial score (nSPS) is 11.8. The third-order valence-electron chi connectivity index (χ3n) is 4.95. The van der Waals surface area contributed by atoms with Crippen LogP contribution in [0, 0.1) is 23.3 Å². The molecule has 0 aliphatic rings. The van der Waals surface area contributed by atoms with E-state index < -0.39 is 50.6 Å². The SMILES string of the molecule is COc1cc(CN(Cc2cccnc2)S(=O)(=O)c2cc(F)c(F)c(F)c2F)ccc1/C=C/C(=O)NO. The number of sulfonamides is 1. The maximum absolute atomic E-state index is 14.4. The zero-order valence-electron chi connectivity index (χ0n) is 18.6. The van der Waals surface area contributed by atoms with E-state index in [1.54, 1.807) is 6.07 Å². The van der Waals surface area contributed by atoms with E-state index in [1.165, 1.54) is 55.3 Å². The predicted molar refractivity (Wildman–Crippen MR) is 119 cm³/mol. The van der Waals surface area contributed by atoms with E-state index in [4.69, 9.17) is 9.94 Å². The summed E-state index contributed by atoms with van der Waals surface area (Å²) in [7, 11) is -3.57. The van der Waals surface area contributed by atoms with Gasteiger partial charge in [0.15, 0.2) is 23.3 Å². The number of pyridine rings is 1. The van der Waals surface area contributed by atoms with Crippen LogP contribution in [0.5, 0.6) is 5.75 Å². The van der Waals surface area contributed by atoms with Gasteiger partial charge in [0.2, 0.25) is 10.0 Å². The Labute approximate surface area is 203 Å². The van der Waals surface area contributed by atoms with Crippen molar-refractivity contribution < 1.29 is 40.7 Å². The molecule has 36 heavy (non-hydrogen) atoms. The van der Waals surface area contributed by atoms with Gasteiger partial charge in [0.05, 0.1) is 7.11 Å². The largest absolute Gasteiger partial charge is 0.496 e. The van der Waals surface area contributed by atoms with Gasteiger partial charge in [-0.1, -0.05) is 18.2 Å². The van der Waals surface area contributed by atoms with Crippen LogP contribution in [0.2, 0.25) is 0 Å². The lowest BCUT2D eigenvalue weighted by atomic mass is 10.1. The van der Waals surface area contributed by atoms with Gasteiger partial charge < -0.3 is 4.74 Å². The van der Waals surface area contributed by atoms with E-state index in [-0.39, 0.29) is 18.4 Å². The average Bonchev–Trinajstić information content (AvgIpc) is 2.88. The fourth-order valence-corrected chi connectivity index (χ4v) is 4.68. The zero-order valence-corrected chi connectivity index (χ0v) is 19.4. The molecule has 0 radical (unpaired) electrons. The number of carbonyl (C=O) groups is 1. The third kappa shape index (κ3) is 5.87. The molecular weight excluding hydrogens is 506 g/mol. The number of hydrogen-bond donors (Lipinski definition) is 2. The standard InChI is InChI=1S/C23H19F4N3O5S/c1-35-18-9-14(4-5-16(18)6-7-20(31)29-32)12-30(13-15-3-2-8-28-11-15)36(33,34)19-10-17(24)21(25)23(27)22(19)26/h2-11,32H,12-13H2,1H3,(H,29,31)/b7-6+. The number of carbonyl (C=O) groups excluding carboxylic acids is 1. The first-order valence-electron chi connectivity index (χ1n) is 10.1. The minimum absolute atomic E-state index is 0.0833. The third-order valence-corrected chi connectivity index (χ3v) is 6.74. The number of amides is 1. The van der Waals surface area contributed by atoms with Crippen LogP contribution in [0.3, 0.4) is 0 Å². The first-order chi connectivity index (χ1) is 17.1. The van der Waals surface area contributed by atoms with E-state index in [2.05, 4.69) is 4.98 Å². The van der Waals surface area contributed by atoms with Gasteiger partial charge in [-0.3, -0.25) is 15.0 Å². The number of aromatic nitrogens is 1. The maximum Gasteiger partial charge on any atom is 0.267 e. The van der Waals surface area contributed by atoms with Crippen molar-refractivity contribution in [1.29, 1.82) is 0 Å². The first kappa shape index (κ1) is 26.8. The molecule has 13 heteroatoms. The van der Waals surface area contributed by atoms with Crippen LogP contribution >= 0.6 is 0 Å². The van der Waals surface area contributed by atoms with Crippen LogP contribution in [-0.4, -0.2) is 35.9 Å². The summed E-state index contributed by atoms with van der Waals surface area (Å²) in [6.07, 6.45) is 5.15. The van der Waals surface area contributed by atoms with Crippen molar-refractivity contribution in [3.05, 3.63) is 94.8 Å². The van der Waals surface area contributed by atoms with Crippen molar-refractivity contribution in [3.8, 4) is 5.75 Å². The molecule has 0 atom stereocenters. The molecule has 0 fully saturated rings. The Morgan fingerprint density at radius 2 is 1.81 bits per heavy atom. The second-order valence-electron chi connectivity index (χ2n) is 7.32. The van der Waals surface area contributed by atoms with Crippen molar-refractivity contribution in [2.45, 2.75) is 18.0 Å². The van der Waals surface area contributed by atoms with Crippen molar-refractivity contribution in [1.82, 2.24) is 14.8 Å². The molecule has 1 aromatic heterocycles. The van der Waals surface area contributed by atoms with Gasteiger partial charge in [0, 0.05) is 43.2 Å². The Morgan fingerprint density at radius 1 is 1.08 bits per heavy atom. The highest BCUT2D eigenvalue weighted by Gasteiger charge is 2.32. The fraction of sp³-hybridized carbons (Fsp3) is 0.130. The van der Waals surface area contributed by atoms with E-state index in [9.17, 15) is 30.8 Å². The smallest absolute Gasteiger partial charge is 0.267 e. The van der Waals surface area contributed by atoms with Gasteiger partial charge in [0.25, 0.3) is 5.91 Å². The number of nitrogens with one attached hydrogen (secondary N) is 1. The molecule has 0 unspecified atom stereocenters. The highest BCUT2D eigenvalue weighted by atomic mass is 32.2. The van der Waals surface area contributed by atoms with E-state index in [0.29, 0.717) is 16.7 Å². The first-order valence-corrected chi connectivity index (χ1v) is 11.5. The molecule has 3 rings (SSSR count). The predicted octanol–water partition coefficient (Wildman–Crippen LogP) is 3.56. The summed E-state index contributed by atoms with van der Waals surface area (Å²) in [6.45, 7) is -0.772. The molecule has 8 nitrogen and oxygen atoms in total. The molecule has 2 N–H and O–H groups in total. The van der Waals surface area contributed by atoms with E-state index in [1.807, 2.05) is 0 Å². The van der Waals surface area contributed by atoms with Gasteiger partial charge in [0.1, 0.15) is 10.6 Å². The van der Waals surface area contributed by atoms with Gasteiger partial charge >= 0.3 is 0 Å². The topological polar surface area (TPSA) is 109 Å². The molecule has 190 valence electrons. The molecule has 0 aliphatic heterocycles. The summed E-state index contributed by atoms with van der Waals surface area (Å²) in [4.78, 5) is 13.8. The minimum Gasteiger partial charge on any atom is -0.496 e. The number of ether oxygens (including phenoxy) is 1. The van der Waals surface area contributed by atoms with Crippen LogP contribution in [-0.2, 0) is 27.9 Å². The van der Waals surface area contributed by atoms with Crippen molar-refractivity contribution in [3.63, 3.8) is 0 Å². The Hall–Kier alpha value is -3.81. The van der Waals surface area contributed by atoms with Gasteiger partial charge in [-0.2, -0.15) is 4.31 Å². The Morgan fingerprint density at radius 3 is 2.44 bits per heavy atom. The van der Waals surface area contributed by atoms with Crippen LogP contribution in [0.1, 0.15) is 16.7 Å². The van der Waals surface area contributed by atoms with Crippen LogP contribution in [0.15, 0.2) is 59.8 Å². The monoisotopic (exact) mass is 525 g/mol. The Kier molecular flexibility index (Phi) is 8.40. The van der Waals surface area contributed by atoms with Crippen molar-refractivity contribution in [2.75, 3.05) is 7.11 Å². The molecule has 1 amide bonds. The highest BCUT2D eigenvalue weighted by molar-refractivity contribution is 7.89. The summed E-state index contributed by atoms with van der Waals surface area (Å²) >= 11 is 0. The lowest BCUT2D eigenvalue weighted by molar-refractivity contribution is -0.124. The summed E-state index contributed by atoms with van der Waals surface area (Å²) in [5.74, 6) is -8.87. The Balaban J connectivity index is 2.05. The summed E-state index contributed by atoms with van der Waals surface area (Å²) in [5.41, 5.74) is 2.54. The number of nitrogens with zero attached hydrogens (tertiary/aromatic N) is 2. The van der Waals surface area contributed by atoms with Crippen molar-refractivity contribution in [2.24, 2.45) is 0 Å². The van der Waals surface area contributed by atoms with Crippen molar-refractivity contribution >= 4 is 22.0 Å². The number of hydroxylamine groups is 1. The van der Waals surface area contributed by atoms with E-state index >= 15 is 0 Å². The lowest BCUT2D eigenvalue weighted by Crippen LogP contribution is -2.31. The molecule has 0 bridgehead atoms. The summed E-state index contributed by atoms with van der Waals surface area (Å²) in [5, 5.41) is 8.60. The van der Waals surface area contributed by atoms with Gasteiger partial charge in [-0.25, -0.2) is 31.5 Å². The zero-order chi connectivity index (χ0) is 26.5. The number of halogens is 4. The molecule has 0 saturated carbocycles. The quantitative estimate of drug-likeness (QED) is 0.110. The number of rotatable bonds is 9. The number of methoxy groups -OCH3 is 1. The summed E-state index contributed by atoms with van der Waals surface area (Å²) in [6, 6.07) is 7.56. The molecule has 2 aromatic carbocycles. The molecule has 3 aromatic rings. The van der Waals surface area contributed by atoms with Gasteiger partial charge in [-0.05, 0) is 29.3 Å². The molecule has 0 aliphatic carbocycles. The Bertz CT molecular complexity index is 1400. The van der Waals surface area contributed by atoms with Crippen LogP contribution in [0.4, 0.5) is 17.6 Å². The molecule has 0 saturated heterocycles. The number of benzene rings is 2. The fourth-order valence-electron chi connectivity index (χ4n) is 3.20. The van der Waals surface area contributed by atoms with Gasteiger partial charge in [-0.15, -0.1) is 0 Å². The van der Waals surface area contributed by atoms with E-state index in [0.717, 1.165) is 10.4 Å². The lowest BCUT2D eigenvalue weighted by Gasteiger charge is -2.23. The average molecular weight is 525 g/mol. The molecule has 0 spiro atoms. The van der Waals surface area contributed by atoms with Crippen LogP contribution < -0.4 is 10.2 Å². The molecular formula is C23H19F4N3O5S. The van der Waals surface area contributed by atoms with Crippen LogP contribution in [0.25, 0.3) is 6.08 Å². The highest BCUT2D eigenvalue weighted by Crippen LogP contribution is 2.29.